The minimum atomic E-state index is -0.846. The molecule has 0 aliphatic rings. The smallest absolute Gasteiger partial charge is 0.131 e. The van der Waals surface area contributed by atoms with Crippen molar-refractivity contribution >= 4 is 5.69 Å². The minimum Gasteiger partial charge on any atom is -0.389 e. The van der Waals surface area contributed by atoms with Crippen LogP contribution in [0.2, 0.25) is 0 Å². The fourth-order valence-corrected chi connectivity index (χ4v) is 1.49. The standard InChI is InChI=1S/C12H14FNO/c1-4-8-14(3)11-7-5-6-10(13)12(11)9(2)15/h1,5-7,9,15H,8H2,2-3H3/t9-/m1/s1. The van der Waals surface area contributed by atoms with Gasteiger partial charge in [-0.05, 0) is 19.1 Å². The van der Waals surface area contributed by atoms with Gasteiger partial charge in [0, 0.05) is 18.3 Å². The molecule has 3 heteroatoms. The summed E-state index contributed by atoms with van der Waals surface area (Å²) in [6, 6.07) is 4.67. The predicted molar refractivity (Wildman–Crippen MR) is 59.1 cm³/mol. The Morgan fingerprint density at radius 3 is 2.80 bits per heavy atom. The van der Waals surface area contributed by atoms with E-state index in [4.69, 9.17) is 6.42 Å². The predicted octanol–water partition coefficient (Wildman–Crippen LogP) is 1.95. The lowest BCUT2D eigenvalue weighted by Crippen LogP contribution is -2.20. The fourth-order valence-electron chi connectivity index (χ4n) is 1.49. The van der Waals surface area contributed by atoms with Crippen molar-refractivity contribution in [3.63, 3.8) is 0 Å². The summed E-state index contributed by atoms with van der Waals surface area (Å²) in [6.07, 6.45) is 4.34. The lowest BCUT2D eigenvalue weighted by Gasteiger charge is -2.21. The molecule has 1 aromatic rings. The third-order valence-corrected chi connectivity index (χ3v) is 2.19. The lowest BCUT2D eigenvalue weighted by atomic mass is 10.1. The first-order valence-corrected chi connectivity index (χ1v) is 4.69. The molecule has 2 nitrogen and oxygen atoms in total. The van der Waals surface area contributed by atoms with Crippen LogP contribution in [0.25, 0.3) is 0 Å². The van der Waals surface area contributed by atoms with Crippen LogP contribution in [0.4, 0.5) is 10.1 Å². The molecule has 15 heavy (non-hydrogen) atoms. The second kappa shape index (κ2) is 4.81. The van der Waals surface area contributed by atoms with E-state index in [1.54, 1.807) is 24.1 Å². The van der Waals surface area contributed by atoms with E-state index in [1.165, 1.54) is 13.0 Å². The van der Waals surface area contributed by atoms with Crippen LogP contribution in [0.15, 0.2) is 18.2 Å². The van der Waals surface area contributed by atoms with E-state index in [9.17, 15) is 9.50 Å². The maximum absolute atomic E-state index is 13.5. The van der Waals surface area contributed by atoms with Crippen molar-refractivity contribution < 1.29 is 9.50 Å². The SMILES string of the molecule is C#CCN(C)c1cccc(F)c1[C@@H](C)O. The molecule has 0 saturated carbocycles. The van der Waals surface area contributed by atoms with E-state index in [2.05, 4.69) is 5.92 Å². The first-order valence-electron chi connectivity index (χ1n) is 4.69. The average Bonchev–Trinajstić information content (AvgIpc) is 2.17. The van der Waals surface area contributed by atoms with Gasteiger partial charge in [0.15, 0.2) is 0 Å². The summed E-state index contributed by atoms with van der Waals surface area (Å²) in [5, 5.41) is 9.48. The number of hydrogen-bond acceptors (Lipinski definition) is 2. The molecule has 0 fully saturated rings. The number of benzene rings is 1. The van der Waals surface area contributed by atoms with Crippen LogP contribution in [0.3, 0.4) is 0 Å². The summed E-state index contributed by atoms with van der Waals surface area (Å²) in [5.74, 6) is 2.06. The van der Waals surface area contributed by atoms with Gasteiger partial charge < -0.3 is 10.0 Å². The van der Waals surface area contributed by atoms with Gasteiger partial charge in [-0.3, -0.25) is 0 Å². The highest BCUT2D eigenvalue weighted by atomic mass is 19.1. The van der Waals surface area contributed by atoms with Crippen LogP contribution in [0.5, 0.6) is 0 Å². The topological polar surface area (TPSA) is 23.5 Å². The zero-order chi connectivity index (χ0) is 11.4. The molecule has 0 saturated heterocycles. The highest BCUT2D eigenvalue weighted by Gasteiger charge is 2.15. The van der Waals surface area contributed by atoms with Crippen molar-refractivity contribution in [3.8, 4) is 12.3 Å². The molecular formula is C12H14FNO. The summed E-state index contributed by atoms with van der Waals surface area (Å²) in [5.41, 5.74) is 0.915. The summed E-state index contributed by atoms with van der Waals surface area (Å²) in [6.45, 7) is 1.91. The van der Waals surface area contributed by atoms with Gasteiger partial charge in [-0.15, -0.1) is 6.42 Å². The molecule has 0 aromatic heterocycles. The van der Waals surface area contributed by atoms with Crippen molar-refractivity contribution in [1.82, 2.24) is 0 Å². The number of nitrogens with zero attached hydrogens (tertiary/aromatic N) is 1. The largest absolute Gasteiger partial charge is 0.389 e. The van der Waals surface area contributed by atoms with Crippen LogP contribution < -0.4 is 4.90 Å². The summed E-state index contributed by atoms with van der Waals surface area (Å²) in [4.78, 5) is 1.73. The maximum atomic E-state index is 13.5. The van der Waals surface area contributed by atoms with Crippen LogP contribution in [-0.4, -0.2) is 18.7 Å². The van der Waals surface area contributed by atoms with E-state index in [0.29, 0.717) is 12.2 Å². The first-order chi connectivity index (χ1) is 7.07. The van der Waals surface area contributed by atoms with Gasteiger partial charge in [-0.25, -0.2) is 4.39 Å². The Labute approximate surface area is 89.3 Å². The molecule has 80 valence electrons. The van der Waals surface area contributed by atoms with E-state index in [-0.39, 0.29) is 5.56 Å². The van der Waals surface area contributed by atoms with Gasteiger partial charge in [-0.1, -0.05) is 12.0 Å². The normalized spacial score (nSPS) is 11.9. The number of halogens is 1. The number of aliphatic hydroxyl groups is 1. The van der Waals surface area contributed by atoms with Crippen LogP contribution in [-0.2, 0) is 0 Å². The summed E-state index contributed by atoms with van der Waals surface area (Å²) in [7, 11) is 1.76. The number of rotatable bonds is 3. The molecule has 1 N–H and O–H groups in total. The van der Waals surface area contributed by atoms with Crippen LogP contribution >= 0.6 is 0 Å². The second-order valence-electron chi connectivity index (χ2n) is 3.41. The Kier molecular flexibility index (Phi) is 3.70. The molecule has 1 atom stereocenters. The van der Waals surface area contributed by atoms with Gasteiger partial charge >= 0.3 is 0 Å². The van der Waals surface area contributed by atoms with Gasteiger partial charge in [0.05, 0.1) is 12.6 Å². The van der Waals surface area contributed by atoms with Crippen molar-refractivity contribution in [2.24, 2.45) is 0 Å². The van der Waals surface area contributed by atoms with Gasteiger partial charge in [0.1, 0.15) is 5.82 Å². The van der Waals surface area contributed by atoms with Crippen molar-refractivity contribution in [1.29, 1.82) is 0 Å². The summed E-state index contributed by atoms with van der Waals surface area (Å²) >= 11 is 0. The van der Waals surface area contributed by atoms with E-state index < -0.39 is 11.9 Å². The van der Waals surface area contributed by atoms with Crippen LogP contribution in [0.1, 0.15) is 18.6 Å². The fraction of sp³-hybridized carbons (Fsp3) is 0.333. The molecular weight excluding hydrogens is 193 g/mol. The number of anilines is 1. The molecule has 0 unspecified atom stereocenters. The Morgan fingerprint density at radius 2 is 2.27 bits per heavy atom. The molecule has 0 heterocycles. The zero-order valence-corrected chi connectivity index (χ0v) is 8.87. The van der Waals surface area contributed by atoms with Gasteiger partial charge in [-0.2, -0.15) is 0 Å². The molecule has 0 spiro atoms. The molecule has 0 aliphatic carbocycles. The van der Waals surface area contributed by atoms with E-state index in [0.717, 1.165) is 0 Å². The number of aliphatic hydroxyl groups excluding tert-OH is 1. The number of hydrogen-bond donors (Lipinski definition) is 1. The summed E-state index contributed by atoms with van der Waals surface area (Å²) < 4.78 is 13.5. The highest BCUT2D eigenvalue weighted by molar-refractivity contribution is 5.55. The first kappa shape index (κ1) is 11.5. The lowest BCUT2D eigenvalue weighted by molar-refractivity contribution is 0.194. The molecule has 0 radical (unpaired) electrons. The molecule has 0 aliphatic heterocycles. The minimum absolute atomic E-state index is 0.287. The maximum Gasteiger partial charge on any atom is 0.131 e. The van der Waals surface area contributed by atoms with E-state index in [1.807, 2.05) is 0 Å². The van der Waals surface area contributed by atoms with Crippen molar-refractivity contribution in [2.45, 2.75) is 13.0 Å². The van der Waals surface area contributed by atoms with Crippen LogP contribution in [0, 0.1) is 18.2 Å². The second-order valence-corrected chi connectivity index (χ2v) is 3.41. The Bertz CT molecular complexity index is 382. The molecule has 1 rings (SSSR count). The molecule has 0 bridgehead atoms. The van der Waals surface area contributed by atoms with Crippen molar-refractivity contribution in [2.75, 3.05) is 18.5 Å². The third-order valence-electron chi connectivity index (χ3n) is 2.19. The van der Waals surface area contributed by atoms with Gasteiger partial charge in [0.2, 0.25) is 0 Å². The monoisotopic (exact) mass is 207 g/mol. The molecule has 1 aromatic carbocycles. The highest BCUT2D eigenvalue weighted by Crippen LogP contribution is 2.27. The Balaban J connectivity index is 3.17. The average molecular weight is 207 g/mol. The zero-order valence-electron chi connectivity index (χ0n) is 8.87. The Hall–Kier alpha value is -1.53. The number of terminal acetylenes is 1. The Morgan fingerprint density at radius 1 is 1.60 bits per heavy atom. The molecule has 0 amide bonds. The quantitative estimate of drug-likeness (QED) is 0.766. The van der Waals surface area contributed by atoms with Crippen molar-refractivity contribution in [3.05, 3.63) is 29.6 Å². The third kappa shape index (κ3) is 2.48. The van der Waals surface area contributed by atoms with Gasteiger partial charge in [0.25, 0.3) is 0 Å². The van der Waals surface area contributed by atoms with E-state index >= 15 is 0 Å².